The summed E-state index contributed by atoms with van der Waals surface area (Å²) in [4.78, 5) is 11.6. The molecule has 1 atom stereocenters. The van der Waals surface area contributed by atoms with Gasteiger partial charge in [0.2, 0.25) is 5.91 Å². The van der Waals surface area contributed by atoms with Crippen LogP contribution >= 0.6 is 0 Å². The van der Waals surface area contributed by atoms with Gasteiger partial charge < -0.3 is 15.4 Å². The third kappa shape index (κ3) is 4.74. The lowest BCUT2D eigenvalue weighted by atomic mass is 9.83. The maximum atomic E-state index is 11.6. The van der Waals surface area contributed by atoms with Crippen molar-refractivity contribution in [3.05, 3.63) is 0 Å². The van der Waals surface area contributed by atoms with E-state index in [-0.39, 0.29) is 11.5 Å². The first-order valence-electron chi connectivity index (χ1n) is 8.25. The van der Waals surface area contributed by atoms with Gasteiger partial charge in [-0.15, -0.1) is 0 Å². The molecule has 1 heterocycles. The number of rotatable bonds is 6. The van der Waals surface area contributed by atoms with Gasteiger partial charge in [0.1, 0.15) is 0 Å². The first-order valence-corrected chi connectivity index (χ1v) is 8.25. The molecule has 1 aliphatic heterocycles. The summed E-state index contributed by atoms with van der Waals surface area (Å²) in [5.41, 5.74) is 0.185. The molecule has 4 nitrogen and oxygen atoms in total. The summed E-state index contributed by atoms with van der Waals surface area (Å²) in [6.45, 7) is 6.16. The van der Waals surface area contributed by atoms with E-state index >= 15 is 0 Å². The van der Waals surface area contributed by atoms with Gasteiger partial charge in [0.25, 0.3) is 0 Å². The highest BCUT2D eigenvalue weighted by atomic mass is 16.5. The lowest BCUT2D eigenvalue weighted by Gasteiger charge is -2.33. The van der Waals surface area contributed by atoms with Crippen LogP contribution in [0.3, 0.4) is 0 Å². The summed E-state index contributed by atoms with van der Waals surface area (Å²) in [5.74, 6) is 0.590. The summed E-state index contributed by atoms with van der Waals surface area (Å²) in [7, 11) is 0. The molecule has 1 aliphatic carbocycles. The topological polar surface area (TPSA) is 50.4 Å². The molecule has 1 unspecified atom stereocenters. The largest absolute Gasteiger partial charge is 0.370 e. The van der Waals surface area contributed by atoms with Gasteiger partial charge in [0, 0.05) is 13.1 Å². The Hall–Kier alpha value is -0.610. The third-order valence-electron chi connectivity index (χ3n) is 4.47. The van der Waals surface area contributed by atoms with Crippen molar-refractivity contribution >= 4 is 5.91 Å². The first kappa shape index (κ1) is 15.8. The molecule has 1 saturated heterocycles. The Morgan fingerprint density at radius 1 is 1.25 bits per heavy atom. The van der Waals surface area contributed by atoms with Gasteiger partial charge in [-0.2, -0.15) is 0 Å². The van der Waals surface area contributed by atoms with Crippen molar-refractivity contribution in [1.29, 1.82) is 0 Å². The average molecular weight is 282 g/mol. The molecule has 0 bridgehead atoms. The van der Waals surface area contributed by atoms with E-state index in [1.54, 1.807) is 0 Å². The fraction of sp³-hybridized carbons (Fsp3) is 0.938. The molecular formula is C16H30N2O2. The van der Waals surface area contributed by atoms with Crippen LogP contribution in [-0.2, 0) is 9.53 Å². The molecule has 1 saturated carbocycles. The zero-order valence-corrected chi connectivity index (χ0v) is 13.0. The Kier molecular flexibility index (Phi) is 5.85. The van der Waals surface area contributed by atoms with Crippen molar-refractivity contribution < 1.29 is 9.53 Å². The Morgan fingerprint density at radius 2 is 2.00 bits per heavy atom. The molecular weight excluding hydrogens is 252 g/mol. The quantitative estimate of drug-likeness (QED) is 0.785. The van der Waals surface area contributed by atoms with Gasteiger partial charge in [-0.05, 0) is 31.6 Å². The highest BCUT2D eigenvalue weighted by Crippen LogP contribution is 2.41. The van der Waals surface area contributed by atoms with Crippen molar-refractivity contribution in [2.45, 2.75) is 70.5 Å². The van der Waals surface area contributed by atoms with Gasteiger partial charge in [-0.1, -0.05) is 33.1 Å². The molecule has 116 valence electrons. The lowest BCUT2D eigenvalue weighted by molar-refractivity contribution is -0.120. The fourth-order valence-electron chi connectivity index (χ4n) is 3.33. The molecule has 2 rings (SSSR count). The van der Waals surface area contributed by atoms with Crippen LogP contribution in [0, 0.1) is 5.92 Å². The summed E-state index contributed by atoms with van der Waals surface area (Å²) in [6, 6.07) is 0. The lowest BCUT2D eigenvalue weighted by Crippen LogP contribution is -2.39. The summed E-state index contributed by atoms with van der Waals surface area (Å²) in [5, 5.41) is 6.16. The van der Waals surface area contributed by atoms with Gasteiger partial charge in [-0.25, -0.2) is 0 Å². The minimum absolute atomic E-state index is 0.0871. The normalized spacial score (nSPS) is 25.2. The van der Waals surface area contributed by atoms with Crippen molar-refractivity contribution in [2.24, 2.45) is 5.92 Å². The van der Waals surface area contributed by atoms with E-state index in [4.69, 9.17) is 4.74 Å². The molecule has 0 aromatic heterocycles. The highest BCUT2D eigenvalue weighted by molar-refractivity contribution is 5.77. The SMILES string of the molecule is CC(C)CNC(=O)CNCC1CCC2(CCCCC2)O1. The van der Waals surface area contributed by atoms with Crippen LogP contribution in [0.1, 0.15) is 58.8 Å². The van der Waals surface area contributed by atoms with Gasteiger partial charge in [-0.3, -0.25) is 4.79 Å². The predicted octanol–water partition coefficient (Wildman–Crippen LogP) is 2.23. The van der Waals surface area contributed by atoms with Crippen molar-refractivity contribution in [3.63, 3.8) is 0 Å². The zero-order chi connectivity index (χ0) is 14.4. The van der Waals surface area contributed by atoms with E-state index in [0.717, 1.165) is 19.5 Å². The molecule has 2 aliphatic rings. The molecule has 1 spiro atoms. The minimum atomic E-state index is 0.0871. The Bertz CT molecular complexity index is 312. The van der Waals surface area contributed by atoms with Crippen LogP contribution in [0.25, 0.3) is 0 Å². The Morgan fingerprint density at radius 3 is 2.70 bits per heavy atom. The average Bonchev–Trinajstić information content (AvgIpc) is 2.80. The van der Waals surface area contributed by atoms with E-state index in [2.05, 4.69) is 24.5 Å². The number of hydrogen-bond donors (Lipinski definition) is 2. The Balaban J connectivity index is 1.60. The third-order valence-corrected chi connectivity index (χ3v) is 4.47. The molecule has 2 fully saturated rings. The molecule has 20 heavy (non-hydrogen) atoms. The molecule has 1 amide bonds. The van der Waals surface area contributed by atoms with Crippen molar-refractivity contribution in [1.82, 2.24) is 10.6 Å². The monoisotopic (exact) mass is 282 g/mol. The van der Waals surface area contributed by atoms with Crippen LogP contribution in [0.2, 0.25) is 0 Å². The number of nitrogens with one attached hydrogen (secondary N) is 2. The van der Waals surface area contributed by atoms with Crippen molar-refractivity contribution in [2.75, 3.05) is 19.6 Å². The molecule has 0 radical (unpaired) electrons. The van der Waals surface area contributed by atoms with E-state index in [0.29, 0.717) is 18.6 Å². The number of carbonyl (C=O) groups excluding carboxylic acids is 1. The van der Waals surface area contributed by atoms with Crippen LogP contribution in [-0.4, -0.2) is 37.2 Å². The summed E-state index contributed by atoms with van der Waals surface area (Å²) < 4.78 is 6.28. The summed E-state index contributed by atoms with van der Waals surface area (Å²) >= 11 is 0. The predicted molar refractivity (Wildman–Crippen MR) is 80.6 cm³/mol. The van der Waals surface area contributed by atoms with E-state index in [1.807, 2.05) is 0 Å². The fourth-order valence-corrected chi connectivity index (χ4v) is 3.33. The first-order chi connectivity index (χ1) is 9.60. The second-order valence-corrected chi connectivity index (χ2v) is 6.85. The van der Waals surface area contributed by atoms with E-state index in [9.17, 15) is 4.79 Å². The maximum absolute atomic E-state index is 11.6. The van der Waals surface area contributed by atoms with Gasteiger partial charge >= 0.3 is 0 Å². The van der Waals surface area contributed by atoms with Gasteiger partial charge in [0.15, 0.2) is 0 Å². The second-order valence-electron chi connectivity index (χ2n) is 6.85. The summed E-state index contributed by atoms with van der Waals surface area (Å²) in [6.07, 6.45) is 9.11. The molecule has 0 aromatic rings. The number of hydrogen-bond acceptors (Lipinski definition) is 3. The minimum Gasteiger partial charge on any atom is -0.370 e. The van der Waals surface area contributed by atoms with Crippen molar-refractivity contribution in [3.8, 4) is 0 Å². The van der Waals surface area contributed by atoms with Crippen LogP contribution in [0.15, 0.2) is 0 Å². The smallest absolute Gasteiger partial charge is 0.233 e. The molecule has 4 heteroatoms. The van der Waals surface area contributed by atoms with Crippen LogP contribution in [0.5, 0.6) is 0 Å². The zero-order valence-electron chi connectivity index (χ0n) is 13.0. The van der Waals surface area contributed by atoms with Gasteiger partial charge in [0.05, 0.1) is 18.2 Å². The molecule has 2 N–H and O–H groups in total. The number of amides is 1. The van der Waals surface area contributed by atoms with Crippen LogP contribution < -0.4 is 10.6 Å². The standard InChI is InChI=1S/C16H30N2O2/c1-13(2)10-18-15(19)12-17-11-14-6-9-16(20-14)7-4-3-5-8-16/h13-14,17H,3-12H2,1-2H3,(H,18,19). The van der Waals surface area contributed by atoms with E-state index in [1.165, 1.54) is 38.5 Å². The maximum Gasteiger partial charge on any atom is 0.233 e. The highest BCUT2D eigenvalue weighted by Gasteiger charge is 2.40. The van der Waals surface area contributed by atoms with Crippen LogP contribution in [0.4, 0.5) is 0 Å². The Labute approximate surface area is 123 Å². The number of carbonyl (C=O) groups is 1. The molecule has 0 aromatic carbocycles. The second kappa shape index (κ2) is 7.41. The van der Waals surface area contributed by atoms with E-state index < -0.39 is 0 Å². The number of ether oxygens (including phenoxy) is 1.